The Morgan fingerprint density at radius 1 is 0.528 bits per heavy atom. The van der Waals surface area contributed by atoms with Crippen LogP contribution in [0.1, 0.15) is 5.56 Å². The van der Waals surface area contributed by atoms with Crippen LogP contribution < -0.4 is 15.9 Å². The van der Waals surface area contributed by atoms with Crippen LogP contribution in [0, 0.1) is 5.82 Å². The number of hydrogen-bond donors (Lipinski definition) is 0. The van der Waals surface area contributed by atoms with E-state index in [0.717, 1.165) is 16.7 Å². The van der Waals surface area contributed by atoms with Crippen molar-refractivity contribution in [3.8, 4) is 11.1 Å². The SMILES string of the molecule is Br.Br.Fc1ccc(-c2ccccc2)c(CBr)c1.c1ccc(P(c2ccccc2)c2ccccc2)cc1. The molecule has 0 fully saturated rings. The van der Waals surface area contributed by atoms with Crippen molar-refractivity contribution in [1.82, 2.24) is 0 Å². The van der Waals surface area contributed by atoms with Gasteiger partial charge in [0.05, 0.1) is 0 Å². The molecule has 0 saturated carbocycles. The molecule has 0 amide bonds. The summed E-state index contributed by atoms with van der Waals surface area (Å²) >= 11 is 3.37. The topological polar surface area (TPSA) is 0 Å². The molecular weight excluding hydrogens is 662 g/mol. The van der Waals surface area contributed by atoms with E-state index in [0.29, 0.717) is 5.33 Å². The normalized spacial score (nSPS) is 9.86. The lowest BCUT2D eigenvalue weighted by atomic mass is 10.0. The number of rotatable bonds is 5. The van der Waals surface area contributed by atoms with E-state index in [-0.39, 0.29) is 39.8 Å². The second kappa shape index (κ2) is 15.9. The minimum absolute atomic E-state index is 0. The van der Waals surface area contributed by atoms with Gasteiger partial charge < -0.3 is 0 Å². The minimum atomic E-state index is -0.446. The molecule has 0 spiro atoms. The molecule has 0 bridgehead atoms. The fourth-order valence-electron chi connectivity index (χ4n) is 3.75. The molecule has 0 heterocycles. The zero-order valence-electron chi connectivity index (χ0n) is 19.5. The van der Waals surface area contributed by atoms with Gasteiger partial charge in [-0.15, -0.1) is 34.0 Å². The Kier molecular flexibility index (Phi) is 13.3. The monoisotopic (exact) mass is 686 g/mol. The van der Waals surface area contributed by atoms with Gasteiger partial charge in [0.2, 0.25) is 0 Å². The average Bonchev–Trinajstić information content (AvgIpc) is 2.91. The molecule has 5 aromatic carbocycles. The maximum absolute atomic E-state index is 13.0. The standard InChI is InChI=1S/C18H15P.C13H10BrF.2BrH/c1-4-10-16(11-5-1)19(17-12-6-2-7-13-17)18-14-8-3-9-15-18;14-9-11-8-12(15)6-7-13(11)10-4-2-1-3-5-10;;/h1-15H;1-8H,9H2;2*1H. The molecule has 0 atom stereocenters. The zero-order valence-corrected chi connectivity index (χ0v) is 25.4. The first-order chi connectivity index (χ1) is 16.8. The molecular formula is C31H27Br3FP. The summed E-state index contributed by atoms with van der Waals surface area (Å²) in [6, 6.07) is 47.2. The van der Waals surface area contributed by atoms with Crippen molar-refractivity contribution >= 4 is 73.7 Å². The van der Waals surface area contributed by atoms with E-state index < -0.39 is 7.92 Å². The van der Waals surface area contributed by atoms with E-state index in [4.69, 9.17) is 0 Å². The molecule has 0 aromatic heterocycles. The summed E-state index contributed by atoms with van der Waals surface area (Å²) in [5, 5.41) is 4.86. The number of benzene rings is 5. The van der Waals surface area contributed by atoms with E-state index in [1.165, 1.54) is 22.0 Å². The molecule has 0 aliphatic heterocycles. The predicted octanol–water partition coefficient (Wildman–Crippen LogP) is 8.99. The van der Waals surface area contributed by atoms with E-state index in [1.807, 2.05) is 36.4 Å². The van der Waals surface area contributed by atoms with E-state index >= 15 is 0 Å². The van der Waals surface area contributed by atoms with Crippen LogP contribution in [0.5, 0.6) is 0 Å². The van der Waals surface area contributed by atoms with Crippen LogP contribution in [0.3, 0.4) is 0 Å². The molecule has 36 heavy (non-hydrogen) atoms. The summed E-state index contributed by atoms with van der Waals surface area (Å²) in [6.07, 6.45) is 0. The lowest BCUT2D eigenvalue weighted by molar-refractivity contribution is 0.627. The number of hydrogen-bond acceptors (Lipinski definition) is 0. The highest BCUT2D eigenvalue weighted by molar-refractivity contribution is 9.08. The van der Waals surface area contributed by atoms with Gasteiger partial charge in [-0.25, -0.2) is 4.39 Å². The summed E-state index contributed by atoms with van der Waals surface area (Å²) < 4.78 is 13.0. The summed E-state index contributed by atoms with van der Waals surface area (Å²) in [6.45, 7) is 0. The Morgan fingerprint density at radius 3 is 1.31 bits per heavy atom. The van der Waals surface area contributed by atoms with Gasteiger partial charge in [-0.1, -0.05) is 143 Å². The van der Waals surface area contributed by atoms with E-state index in [9.17, 15) is 4.39 Å². The van der Waals surface area contributed by atoms with Gasteiger partial charge in [0.15, 0.2) is 0 Å². The van der Waals surface area contributed by atoms with E-state index in [1.54, 1.807) is 6.07 Å². The Morgan fingerprint density at radius 2 is 0.917 bits per heavy atom. The van der Waals surface area contributed by atoms with Crippen LogP contribution in [-0.2, 0) is 5.33 Å². The van der Waals surface area contributed by atoms with Crippen molar-refractivity contribution in [3.63, 3.8) is 0 Å². The molecule has 0 saturated heterocycles. The Labute approximate surface area is 244 Å². The highest BCUT2D eigenvalue weighted by atomic mass is 79.9. The number of alkyl halides is 1. The van der Waals surface area contributed by atoms with Gasteiger partial charge in [-0.3, -0.25) is 0 Å². The molecule has 5 heteroatoms. The van der Waals surface area contributed by atoms with Crippen LogP contribution in [0.25, 0.3) is 11.1 Å². The third kappa shape index (κ3) is 8.21. The van der Waals surface area contributed by atoms with Gasteiger partial charge in [-0.2, -0.15) is 0 Å². The molecule has 5 rings (SSSR count). The fraction of sp³-hybridized carbons (Fsp3) is 0.0323. The highest BCUT2D eigenvalue weighted by Crippen LogP contribution is 2.32. The van der Waals surface area contributed by atoms with Crippen molar-refractivity contribution in [2.75, 3.05) is 0 Å². The molecule has 184 valence electrons. The summed E-state index contributed by atoms with van der Waals surface area (Å²) in [7, 11) is -0.446. The molecule has 0 nitrogen and oxygen atoms in total. The van der Waals surface area contributed by atoms with Crippen LogP contribution in [0.15, 0.2) is 140 Å². The Hall–Kier alpha value is -2.10. The first-order valence-corrected chi connectivity index (χ1v) is 13.6. The van der Waals surface area contributed by atoms with Gasteiger partial charge in [0, 0.05) is 5.33 Å². The Balaban J connectivity index is 0.000000246. The van der Waals surface area contributed by atoms with Crippen molar-refractivity contribution in [3.05, 3.63) is 151 Å². The number of halogens is 4. The van der Waals surface area contributed by atoms with E-state index in [2.05, 4.69) is 107 Å². The third-order valence-electron chi connectivity index (χ3n) is 5.34. The molecule has 0 aliphatic rings. The highest BCUT2D eigenvalue weighted by Gasteiger charge is 2.15. The maximum atomic E-state index is 13.0. The lowest BCUT2D eigenvalue weighted by Gasteiger charge is -2.18. The smallest absolute Gasteiger partial charge is 0.123 e. The second-order valence-corrected chi connectivity index (χ2v) is 10.4. The largest absolute Gasteiger partial charge is 0.207 e. The van der Waals surface area contributed by atoms with Crippen molar-refractivity contribution < 1.29 is 4.39 Å². The fourth-order valence-corrected chi connectivity index (χ4v) is 6.52. The van der Waals surface area contributed by atoms with Crippen LogP contribution >= 0.6 is 57.8 Å². The summed E-state index contributed by atoms with van der Waals surface area (Å²) in [5.74, 6) is -0.191. The van der Waals surface area contributed by atoms with Gasteiger partial charge in [-0.05, 0) is 52.7 Å². The summed E-state index contributed by atoms with van der Waals surface area (Å²) in [4.78, 5) is 0. The average molecular weight is 689 g/mol. The molecule has 0 radical (unpaired) electrons. The first kappa shape index (κ1) is 30.1. The first-order valence-electron chi connectivity index (χ1n) is 11.1. The predicted molar refractivity (Wildman–Crippen MR) is 170 cm³/mol. The quantitative estimate of drug-likeness (QED) is 0.128. The van der Waals surface area contributed by atoms with Crippen LogP contribution in [0.4, 0.5) is 4.39 Å². The zero-order chi connectivity index (χ0) is 23.6. The second-order valence-electron chi connectivity index (χ2n) is 7.64. The van der Waals surface area contributed by atoms with Crippen LogP contribution in [-0.4, -0.2) is 0 Å². The van der Waals surface area contributed by atoms with Crippen molar-refractivity contribution in [2.45, 2.75) is 5.33 Å². The molecule has 5 aromatic rings. The van der Waals surface area contributed by atoms with Crippen LogP contribution in [0.2, 0.25) is 0 Å². The van der Waals surface area contributed by atoms with Gasteiger partial charge in [0.1, 0.15) is 5.82 Å². The molecule has 0 unspecified atom stereocenters. The van der Waals surface area contributed by atoms with Crippen molar-refractivity contribution in [2.24, 2.45) is 0 Å². The van der Waals surface area contributed by atoms with Gasteiger partial charge >= 0.3 is 0 Å². The minimum Gasteiger partial charge on any atom is -0.207 e. The van der Waals surface area contributed by atoms with Crippen molar-refractivity contribution in [1.29, 1.82) is 0 Å². The molecule has 0 N–H and O–H groups in total. The maximum Gasteiger partial charge on any atom is 0.123 e. The third-order valence-corrected chi connectivity index (χ3v) is 8.39. The van der Waals surface area contributed by atoms with Gasteiger partial charge in [0.25, 0.3) is 0 Å². The lowest BCUT2D eigenvalue weighted by Crippen LogP contribution is -2.20. The Bertz CT molecular complexity index is 1190. The molecule has 0 aliphatic carbocycles. The summed E-state index contributed by atoms with van der Waals surface area (Å²) in [5.41, 5.74) is 3.17.